The Kier molecular flexibility index (Phi) is 7.88. The number of halogens is 3. The molecule has 2 unspecified atom stereocenters. The van der Waals surface area contributed by atoms with Gasteiger partial charge in [0.15, 0.2) is 5.65 Å². The molecule has 3 aromatic heterocycles. The van der Waals surface area contributed by atoms with Gasteiger partial charge >= 0.3 is 0 Å². The molecule has 2 fully saturated rings. The Morgan fingerprint density at radius 3 is 2.42 bits per heavy atom. The number of pyridine rings is 1. The van der Waals surface area contributed by atoms with Crippen LogP contribution in [0.15, 0.2) is 43.1 Å². The Morgan fingerprint density at radius 2 is 1.74 bits per heavy atom. The summed E-state index contributed by atoms with van der Waals surface area (Å²) in [5.74, 6) is -0.769. The van der Waals surface area contributed by atoms with Crippen molar-refractivity contribution in [3.05, 3.63) is 60.1 Å². The van der Waals surface area contributed by atoms with Crippen LogP contribution in [0.5, 0.6) is 0 Å². The van der Waals surface area contributed by atoms with Crippen LogP contribution in [-0.2, 0) is 4.74 Å². The number of benzene rings is 1. The highest BCUT2D eigenvalue weighted by Crippen LogP contribution is 2.36. The summed E-state index contributed by atoms with van der Waals surface area (Å²) in [7, 11) is 2.03. The van der Waals surface area contributed by atoms with Crippen molar-refractivity contribution in [2.45, 2.75) is 32.4 Å². The van der Waals surface area contributed by atoms with E-state index in [1.54, 1.807) is 0 Å². The van der Waals surface area contributed by atoms with E-state index >= 15 is 4.39 Å². The van der Waals surface area contributed by atoms with Gasteiger partial charge in [-0.25, -0.2) is 23.1 Å². The van der Waals surface area contributed by atoms with Crippen molar-refractivity contribution in [2.24, 2.45) is 0 Å². The van der Waals surface area contributed by atoms with Crippen molar-refractivity contribution in [3.63, 3.8) is 0 Å². The normalized spacial score (nSPS) is 19.8. The zero-order valence-corrected chi connectivity index (χ0v) is 24.0. The van der Waals surface area contributed by atoms with Crippen LogP contribution in [0.4, 0.5) is 30.5 Å². The Balaban J connectivity index is 1.39. The van der Waals surface area contributed by atoms with E-state index in [1.807, 2.05) is 16.8 Å². The minimum atomic E-state index is -2.92. The highest BCUT2D eigenvalue weighted by Gasteiger charge is 2.30. The number of morpholine rings is 1. The summed E-state index contributed by atoms with van der Waals surface area (Å²) >= 11 is 0. The molecule has 11 nitrogen and oxygen atoms in total. The fourth-order valence-corrected chi connectivity index (χ4v) is 5.58. The number of carbonyl (C=O) groups is 1. The maximum Gasteiger partial charge on any atom is 0.264 e. The van der Waals surface area contributed by atoms with Gasteiger partial charge in [0, 0.05) is 73.5 Å². The highest BCUT2D eigenvalue weighted by atomic mass is 19.3. The molecule has 0 aliphatic carbocycles. The predicted molar refractivity (Wildman–Crippen MR) is 155 cm³/mol. The Labute approximate surface area is 246 Å². The molecule has 14 heteroatoms. The predicted octanol–water partition coefficient (Wildman–Crippen LogP) is 3.88. The molecule has 0 spiro atoms. The summed E-state index contributed by atoms with van der Waals surface area (Å²) in [6.07, 6.45) is 2.75. The van der Waals surface area contributed by atoms with E-state index in [4.69, 9.17) is 4.74 Å². The fourth-order valence-electron chi connectivity index (χ4n) is 5.58. The van der Waals surface area contributed by atoms with Crippen molar-refractivity contribution in [1.82, 2.24) is 29.5 Å². The summed E-state index contributed by atoms with van der Waals surface area (Å²) in [6.45, 7) is 7.76. The number of ether oxygens (including phenoxy) is 1. The van der Waals surface area contributed by atoms with Gasteiger partial charge < -0.3 is 19.9 Å². The van der Waals surface area contributed by atoms with Crippen LogP contribution >= 0.6 is 0 Å². The molecule has 1 N–H and O–H groups in total. The van der Waals surface area contributed by atoms with Gasteiger partial charge in [-0.3, -0.25) is 14.1 Å². The van der Waals surface area contributed by atoms with Gasteiger partial charge in [0.2, 0.25) is 5.95 Å². The zero-order chi connectivity index (χ0) is 30.2. The average Bonchev–Trinajstić information content (AvgIpc) is 3.48. The first-order valence-corrected chi connectivity index (χ1v) is 14.1. The Morgan fingerprint density at radius 1 is 1.05 bits per heavy atom. The lowest BCUT2D eigenvalue weighted by molar-refractivity contribution is 0.101. The SMILES string of the molecule is CC1CN(c2cc(F)c(-c3cnc(N4CCOCC4)nc3)cc2NC(=O)c2cn3cnnc3cc2C(F)F)CC(C)N1C. The van der Waals surface area contributed by atoms with Gasteiger partial charge in [0.25, 0.3) is 12.3 Å². The molecule has 2 atom stereocenters. The summed E-state index contributed by atoms with van der Waals surface area (Å²) in [6, 6.07) is 4.34. The quantitative estimate of drug-likeness (QED) is 0.356. The third-order valence-electron chi connectivity index (χ3n) is 8.22. The van der Waals surface area contributed by atoms with Crippen LogP contribution in [0.3, 0.4) is 0 Å². The molecule has 6 rings (SSSR count). The molecular formula is C29H32F3N9O2. The van der Waals surface area contributed by atoms with E-state index in [0.717, 1.165) is 6.07 Å². The van der Waals surface area contributed by atoms with Gasteiger partial charge in [0.05, 0.1) is 30.2 Å². The first kappa shape index (κ1) is 28.8. The topological polar surface area (TPSA) is 104 Å². The summed E-state index contributed by atoms with van der Waals surface area (Å²) in [4.78, 5) is 28.7. The van der Waals surface area contributed by atoms with Crippen molar-refractivity contribution in [3.8, 4) is 11.1 Å². The van der Waals surface area contributed by atoms with Crippen molar-refractivity contribution >= 4 is 28.9 Å². The van der Waals surface area contributed by atoms with Gasteiger partial charge in [0.1, 0.15) is 12.1 Å². The second-order valence-corrected chi connectivity index (χ2v) is 11.0. The lowest BCUT2D eigenvalue weighted by atomic mass is 10.0. The number of aromatic nitrogens is 5. The number of hydrogen-bond acceptors (Lipinski definition) is 9. The van der Waals surface area contributed by atoms with Gasteiger partial charge in [-0.15, -0.1) is 10.2 Å². The molecule has 0 radical (unpaired) electrons. The minimum absolute atomic E-state index is 0.151. The molecule has 0 bridgehead atoms. The standard InChI is InChI=1S/C29H32F3N9O2/c1-17-13-40(14-18(2)38(17)3)25-10-23(30)20(19-11-33-29(34-12-19)39-4-6-43-7-5-39)8-24(25)36-28(42)22-15-41-16-35-37-26(41)9-21(22)27(31)32/h8-12,15-18,27H,4-7,13-14H2,1-3H3,(H,36,42). The van der Waals surface area contributed by atoms with E-state index in [-0.39, 0.29) is 34.5 Å². The molecule has 0 saturated carbocycles. The molecule has 1 aromatic carbocycles. The van der Waals surface area contributed by atoms with Crippen molar-refractivity contribution in [1.29, 1.82) is 0 Å². The number of nitrogens with one attached hydrogen (secondary N) is 1. The number of hydrogen-bond donors (Lipinski definition) is 1. The lowest BCUT2D eigenvalue weighted by Crippen LogP contribution is -2.55. The van der Waals surface area contributed by atoms with Crippen LogP contribution < -0.4 is 15.1 Å². The maximum atomic E-state index is 15.8. The fraction of sp³-hybridized carbons (Fsp3) is 0.414. The largest absolute Gasteiger partial charge is 0.378 e. The van der Waals surface area contributed by atoms with Crippen LogP contribution in [0.1, 0.15) is 36.2 Å². The number of nitrogens with zero attached hydrogens (tertiary/aromatic N) is 8. The van der Waals surface area contributed by atoms with Crippen LogP contribution in [0.25, 0.3) is 16.8 Å². The maximum absolute atomic E-state index is 15.8. The number of carbonyl (C=O) groups excluding carboxylic acids is 1. The lowest BCUT2D eigenvalue weighted by Gasteiger charge is -2.44. The third kappa shape index (κ3) is 5.71. The van der Waals surface area contributed by atoms with Crippen LogP contribution in [0.2, 0.25) is 0 Å². The van der Waals surface area contributed by atoms with Crippen molar-refractivity contribution in [2.75, 3.05) is 61.6 Å². The van der Waals surface area contributed by atoms with Crippen LogP contribution in [-0.4, -0.2) is 93.9 Å². The molecule has 43 heavy (non-hydrogen) atoms. The summed E-state index contributed by atoms with van der Waals surface area (Å²) in [5, 5.41) is 10.3. The molecule has 2 saturated heterocycles. The Hall–Kier alpha value is -4.30. The van der Waals surface area contributed by atoms with E-state index in [9.17, 15) is 13.6 Å². The highest BCUT2D eigenvalue weighted by molar-refractivity contribution is 6.07. The molecule has 226 valence electrons. The van der Waals surface area contributed by atoms with Gasteiger partial charge in [-0.05, 0) is 39.1 Å². The molecule has 5 heterocycles. The van der Waals surface area contributed by atoms with E-state index in [2.05, 4.69) is 44.2 Å². The van der Waals surface area contributed by atoms with E-state index in [1.165, 1.54) is 41.5 Å². The number of amides is 1. The summed E-state index contributed by atoms with van der Waals surface area (Å²) in [5.41, 5.74) is 0.802. The molecule has 2 aliphatic heterocycles. The Bertz CT molecular complexity index is 1610. The molecule has 1 amide bonds. The zero-order valence-electron chi connectivity index (χ0n) is 24.0. The van der Waals surface area contributed by atoms with Gasteiger partial charge in [-0.1, -0.05) is 0 Å². The summed E-state index contributed by atoms with van der Waals surface area (Å²) < 4.78 is 50.7. The first-order chi connectivity index (χ1) is 20.7. The number of piperazine rings is 1. The number of anilines is 3. The number of likely N-dealkylation sites (N-methyl/N-ethyl adjacent to an activating group) is 1. The molecule has 4 aromatic rings. The molecule has 2 aliphatic rings. The molecular weight excluding hydrogens is 563 g/mol. The smallest absolute Gasteiger partial charge is 0.264 e. The second-order valence-electron chi connectivity index (χ2n) is 11.0. The first-order valence-electron chi connectivity index (χ1n) is 14.1. The minimum Gasteiger partial charge on any atom is -0.378 e. The number of rotatable bonds is 6. The van der Waals surface area contributed by atoms with E-state index in [0.29, 0.717) is 56.6 Å². The number of fused-ring (bicyclic) bond motifs is 1. The van der Waals surface area contributed by atoms with Gasteiger partial charge in [-0.2, -0.15) is 0 Å². The second kappa shape index (κ2) is 11.8. The monoisotopic (exact) mass is 595 g/mol. The third-order valence-corrected chi connectivity index (χ3v) is 8.22. The number of alkyl halides is 2. The van der Waals surface area contributed by atoms with E-state index < -0.39 is 23.7 Å². The average molecular weight is 596 g/mol. The van der Waals surface area contributed by atoms with Crippen molar-refractivity contribution < 1.29 is 22.7 Å². The van der Waals surface area contributed by atoms with Crippen LogP contribution in [0, 0.1) is 5.82 Å².